The number of amides is 2. The van der Waals surface area contributed by atoms with Crippen molar-refractivity contribution in [3.05, 3.63) is 65.9 Å². The van der Waals surface area contributed by atoms with Crippen LogP contribution < -0.4 is 5.32 Å². The van der Waals surface area contributed by atoms with Crippen molar-refractivity contribution < 1.29 is 18.0 Å². The Morgan fingerprint density at radius 1 is 1.11 bits per heavy atom. The first kappa shape index (κ1) is 18.1. The third-order valence-electron chi connectivity index (χ3n) is 4.57. The zero-order chi connectivity index (χ0) is 20.1. The van der Waals surface area contributed by atoms with E-state index in [1.165, 1.54) is 18.2 Å². The molecule has 1 N–H and O–H groups in total. The summed E-state index contributed by atoms with van der Waals surface area (Å²) in [7, 11) is -3.96. The number of pyridine rings is 1. The second kappa shape index (κ2) is 6.42. The van der Waals surface area contributed by atoms with Crippen molar-refractivity contribution in [2.24, 2.45) is 0 Å². The second-order valence-corrected chi connectivity index (χ2v) is 8.52. The molecule has 0 spiro atoms. The summed E-state index contributed by atoms with van der Waals surface area (Å²) >= 11 is 0. The normalized spacial score (nSPS) is 15.1. The van der Waals surface area contributed by atoms with Crippen molar-refractivity contribution >= 4 is 38.4 Å². The number of hydrogen-bond acceptors (Lipinski definition) is 5. The molecule has 0 aliphatic carbocycles. The quantitative estimate of drug-likeness (QED) is 0.735. The zero-order valence-corrected chi connectivity index (χ0v) is 16.0. The first-order valence-electron chi connectivity index (χ1n) is 8.68. The molecule has 7 nitrogen and oxygen atoms in total. The van der Waals surface area contributed by atoms with E-state index in [-0.39, 0.29) is 16.0 Å². The van der Waals surface area contributed by atoms with Crippen LogP contribution in [0.1, 0.15) is 34.6 Å². The highest BCUT2D eigenvalue weighted by Crippen LogP contribution is 2.33. The number of nitrogens with zero attached hydrogens (tertiary/aromatic N) is 2. The summed E-state index contributed by atoms with van der Waals surface area (Å²) < 4.78 is 26.3. The van der Waals surface area contributed by atoms with E-state index in [2.05, 4.69) is 10.3 Å². The Kier molecular flexibility index (Phi) is 4.15. The maximum Gasteiger partial charge on any atom is 0.269 e. The number of anilines is 1. The molecule has 2 aromatic carbocycles. The first-order chi connectivity index (χ1) is 13.3. The van der Waals surface area contributed by atoms with E-state index in [9.17, 15) is 18.0 Å². The number of benzene rings is 2. The molecule has 28 heavy (non-hydrogen) atoms. The van der Waals surface area contributed by atoms with Crippen LogP contribution in [0.15, 0.2) is 59.6 Å². The van der Waals surface area contributed by atoms with Crippen molar-refractivity contribution in [1.29, 1.82) is 0 Å². The molecule has 1 aromatic heterocycles. The van der Waals surface area contributed by atoms with Gasteiger partial charge < -0.3 is 5.32 Å². The third-order valence-corrected chi connectivity index (χ3v) is 6.57. The van der Waals surface area contributed by atoms with Gasteiger partial charge in [-0.3, -0.25) is 14.6 Å². The molecule has 3 aromatic rings. The van der Waals surface area contributed by atoms with Crippen LogP contribution in [0, 0.1) is 0 Å². The van der Waals surface area contributed by atoms with E-state index in [0.717, 1.165) is 15.2 Å². The van der Waals surface area contributed by atoms with Gasteiger partial charge >= 0.3 is 0 Å². The molecule has 0 saturated carbocycles. The van der Waals surface area contributed by atoms with E-state index in [1.807, 2.05) is 12.1 Å². The third kappa shape index (κ3) is 2.73. The molecule has 0 fully saturated rings. The van der Waals surface area contributed by atoms with Crippen LogP contribution in [-0.2, 0) is 10.0 Å². The number of hydrogen-bond donors (Lipinski definition) is 1. The fourth-order valence-corrected chi connectivity index (χ4v) is 5.10. The molecule has 0 unspecified atom stereocenters. The van der Waals surface area contributed by atoms with Gasteiger partial charge in [-0.1, -0.05) is 6.07 Å². The van der Waals surface area contributed by atoms with Crippen LogP contribution in [0.3, 0.4) is 0 Å². The van der Waals surface area contributed by atoms with Gasteiger partial charge in [0.2, 0.25) is 0 Å². The summed E-state index contributed by atoms with van der Waals surface area (Å²) in [4.78, 5) is 29.3. The Morgan fingerprint density at radius 3 is 2.64 bits per heavy atom. The molecule has 4 rings (SSSR count). The smallest absolute Gasteiger partial charge is 0.269 e. The summed E-state index contributed by atoms with van der Waals surface area (Å²) in [5.41, 5.74) is 1.54. The standard InChI is InChI=1S/C20H17N3O4S/c1-12(2)23-20(25)15-9-8-13(11-18(15)28(23,26)27)19(24)22-17-7-3-6-16-14(17)5-4-10-21-16/h3-12H,1-2H3,(H,22,24). The number of rotatable bonds is 3. The molecule has 0 saturated heterocycles. The maximum atomic E-state index is 12.7. The van der Waals surface area contributed by atoms with Gasteiger partial charge in [-0.15, -0.1) is 0 Å². The summed E-state index contributed by atoms with van der Waals surface area (Å²) in [6.45, 7) is 3.26. The molecule has 142 valence electrons. The zero-order valence-electron chi connectivity index (χ0n) is 15.2. The van der Waals surface area contributed by atoms with Gasteiger partial charge in [-0.2, -0.15) is 0 Å². The molecule has 1 aliphatic heterocycles. The SMILES string of the molecule is CC(C)N1C(=O)c2ccc(C(=O)Nc3cccc4ncccc34)cc2S1(=O)=O. The molecule has 0 radical (unpaired) electrons. The lowest BCUT2D eigenvalue weighted by Gasteiger charge is -2.18. The monoisotopic (exact) mass is 395 g/mol. The molecular formula is C20H17N3O4S. The van der Waals surface area contributed by atoms with Crippen LogP contribution in [0.5, 0.6) is 0 Å². The highest BCUT2D eigenvalue weighted by atomic mass is 32.2. The largest absolute Gasteiger partial charge is 0.321 e. The molecule has 2 amide bonds. The van der Waals surface area contributed by atoms with Crippen LogP contribution >= 0.6 is 0 Å². The number of sulfonamides is 1. The van der Waals surface area contributed by atoms with Gasteiger partial charge in [0.1, 0.15) is 4.90 Å². The minimum atomic E-state index is -3.96. The lowest BCUT2D eigenvalue weighted by Crippen LogP contribution is -2.36. The van der Waals surface area contributed by atoms with Crippen LogP contribution in [0.4, 0.5) is 5.69 Å². The van der Waals surface area contributed by atoms with Crippen LogP contribution in [-0.4, -0.2) is 35.6 Å². The van der Waals surface area contributed by atoms with Gasteiger partial charge in [0.05, 0.1) is 16.8 Å². The van der Waals surface area contributed by atoms with Crippen molar-refractivity contribution in [3.63, 3.8) is 0 Å². The maximum absolute atomic E-state index is 12.7. The van der Waals surface area contributed by atoms with E-state index in [1.54, 1.807) is 38.2 Å². The Balaban J connectivity index is 1.71. The topological polar surface area (TPSA) is 96.4 Å². The molecule has 2 heterocycles. The van der Waals surface area contributed by atoms with Crippen molar-refractivity contribution in [2.45, 2.75) is 24.8 Å². The van der Waals surface area contributed by atoms with Gasteiger partial charge in [-0.05, 0) is 56.3 Å². The van der Waals surface area contributed by atoms with Gasteiger partial charge in [0.25, 0.3) is 21.8 Å². The lowest BCUT2D eigenvalue weighted by atomic mass is 10.1. The lowest BCUT2D eigenvalue weighted by molar-refractivity contribution is 0.0846. The number of fused-ring (bicyclic) bond motifs is 2. The van der Waals surface area contributed by atoms with Crippen LogP contribution in [0.25, 0.3) is 10.9 Å². The Labute approximate surface area is 162 Å². The molecule has 0 bridgehead atoms. The van der Waals surface area contributed by atoms with E-state index >= 15 is 0 Å². The van der Waals surface area contributed by atoms with Crippen LogP contribution in [0.2, 0.25) is 0 Å². The number of aromatic nitrogens is 1. The molecular weight excluding hydrogens is 378 g/mol. The van der Waals surface area contributed by atoms with Crippen molar-refractivity contribution in [2.75, 3.05) is 5.32 Å². The van der Waals surface area contributed by atoms with Gasteiger partial charge in [-0.25, -0.2) is 12.7 Å². The highest BCUT2D eigenvalue weighted by molar-refractivity contribution is 7.90. The number of carbonyl (C=O) groups is 2. The second-order valence-electron chi connectivity index (χ2n) is 6.74. The predicted molar refractivity (Wildman–Crippen MR) is 105 cm³/mol. The molecule has 0 atom stereocenters. The summed E-state index contributed by atoms with van der Waals surface area (Å²) in [5.74, 6) is -1.04. The summed E-state index contributed by atoms with van der Waals surface area (Å²) in [6, 6.07) is 12.5. The number of carbonyl (C=O) groups excluding carboxylic acids is 2. The van der Waals surface area contributed by atoms with Gasteiger partial charge in [0, 0.05) is 23.2 Å². The fourth-order valence-electron chi connectivity index (χ4n) is 3.31. The average molecular weight is 395 g/mol. The van der Waals surface area contributed by atoms with E-state index in [4.69, 9.17) is 0 Å². The van der Waals surface area contributed by atoms with Gasteiger partial charge in [0.15, 0.2) is 0 Å². The summed E-state index contributed by atoms with van der Waals surface area (Å²) in [6.07, 6.45) is 1.66. The number of nitrogens with one attached hydrogen (secondary N) is 1. The minimum absolute atomic E-state index is 0.0830. The van der Waals surface area contributed by atoms with E-state index < -0.39 is 27.9 Å². The predicted octanol–water partition coefficient (Wildman–Crippen LogP) is 3.04. The summed E-state index contributed by atoms with van der Waals surface area (Å²) in [5, 5.41) is 3.56. The van der Waals surface area contributed by atoms with E-state index in [0.29, 0.717) is 5.69 Å². The highest BCUT2D eigenvalue weighted by Gasteiger charge is 2.42. The Morgan fingerprint density at radius 2 is 1.89 bits per heavy atom. The first-order valence-corrected chi connectivity index (χ1v) is 10.1. The molecule has 1 aliphatic rings. The van der Waals surface area contributed by atoms with Crippen molar-refractivity contribution in [1.82, 2.24) is 9.29 Å². The fraction of sp³-hybridized carbons (Fsp3) is 0.150. The Bertz CT molecular complexity index is 1230. The van der Waals surface area contributed by atoms with Crippen molar-refractivity contribution in [3.8, 4) is 0 Å². The minimum Gasteiger partial charge on any atom is -0.321 e. The Hall–Kier alpha value is -3.26. The average Bonchev–Trinajstić information content (AvgIpc) is 2.87. The molecule has 8 heteroatoms.